The number of fused-ring (bicyclic) bond motifs is 1. The first-order valence-corrected chi connectivity index (χ1v) is 11.0. The van der Waals surface area contributed by atoms with Crippen molar-refractivity contribution in [2.24, 2.45) is 0 Å². The largest absolute Gasteiger partial charge is 0.326 e. The van der Waals surface area contributed by atoms with Crippen molar-refractivity contribution in [2.45, 2.75) is 19.4 Å². The van der Waals surface area contributed by atoms with E-state index in [4.69, 9.17) is 0 Å². The third-order valence-corrected chi connectivity index (χ3v) is 6.81. The van der Waals surface area contributed by atoms with Gasteiger partial charge in [0.2, 0.25) is 5.91 Å². The van der Waals surface area contributed by atoms with Crippen molar-refractivity contribution in [3.05, 3.63) is 68.5 Å². The third kappa shape index (κ3) is 4.16. The zero-order chi connectivity index (χ0) is 19.5. The van der Waals surface area contributed by atoms with Crippen LogP contribution in [0.2, 0.25) is 0 Å². The summed E-state index contributed by atoms with van der Waals surface area (Å²) in [5, 5.41) is 9.97. The standard InChI is InChI=1S/C21H21N3O2S2/c1-14(25)22-15-4-6-16(7-5-15)23-20(26)13-24-10-8-18-17(9-12-28-18)21(24)19-3-2-11-27-19/h2-7,9,11-12,21H,8,10,13H2,1H3,(H,22,25)(H,23,26)/p+1/t21-/m0/s1. The van der Waals surface area contributed by atoms with Crippen molar-refractivity contribution in [1.82, 2.24) is 0 Å². The molecule has 3 heterocycles. The summed E-state index contributed by atoms with van der Waals surface area (Å²) in [4.78, 5) is 27.9. The molecular weight excluding hydrogens is 390 g/mol. The van der Waals surface area contributed by atoms with Crippen LogP contribution in [-0.4, -0.2) is 24.9 Å². The average molecular weight is 413 g/mol. The highest BCUT2D eigenvalue weighted by atomic mass is 32.1. The fraction of sp³-hybridized carbons (Fsp3) is 0.238. The zero-order valence-electron chi connectivity index (χ0n) is 15.5. The van der Waals surface area contributed by atoms with Gasteiger partial charge in [-0.1, -0.05) is 6.07 Å². The number of amides is 2. The van der Waals surface area contributed by atoms with Gasteiger partial charge in [0.25, 0.3) is 5.91 Å². The highest BCUT2D eigenvalue weighted by Gasteiger charge is 2.35. The lowest BCUT2D eigenvalue weighted by molar-refractivity contribution is -0.919. The molecule has 1 aromatic carbocycles. The molecule has 0 aliphatic carbocycles. The summed E-state index contributed by atoms with van der Waals surface area (Å²) < 4.78 is 0. The maximum atomic E-state index is 12.7. The molecule has 2 amide bonds. The molecule has 0 saturated carbocycles. The van der Waals surface area contributed by atoms with Crippen LogP contribution in [0.3, 0.4) is 0 Å². The molecule has 0 bridgehead atoms. The van der Waals surface area contributed by atoms with Crippen molar-refractivity contribution in [3.8, 4) is 0 Å². The van der Waals surface area contributed by atoms with E-state index in [-0.39, 0.29) is 17.9 Å². The van der Waals surface area contributed by atoms with Gasteiger partial charge in [0.1, 0.15) is 6.04 Å². The van der Waals surface area contributed by atoms with Crippen LogP contribution in [0, 0.1) is 0 Å². The predicted octanol–water partition coefficient (Wildman–Crippen LogP) is 2.94. The van der Waals surface area contributed by atoms with Gasteiger partial charge < -0.3 is 15.5 Å². The Morgan fingerprint density at radius 1 is 1.04 bits per heavy atom. The number of quaternary nitrogens is 1. The minimum atomic E-state index is -0.113. The van der Waals surface area contributed by atoms with E-state index in [0.29, 0.717) is 6.54 Å². The van der Waals surface area contributed by atoms with Gasteiger partial charge >= 0.3 is 0 Å². The summed E-state index contributed by atoms with van der Waals surface area (Å²) in [5.74, 6) is -0.111. The van der Waals surface area contributed by atoms with Crippen LogP contribution in [0.4, 0.5) is 11.4 Å². The van der Waals surface area contributed by atoms with Crippen LogP contribution >= 0.6 is 22.7 Å². The number of carbonyl (C=O) groups excluding carboxylic acids is 2. The summed E-state index contributed by atoms with van der Waals surface area (Å²) in [6.07, 6.45) is 1.02. The van der Waals surface area contributed by atoms with E-state index in [9.17, 15) is 9.59 Å². The highest BCUT2D eigenvalue weighted by Crippen LogP contribution is 2.31. The number of rotatable bonds is 5. The zero-order valence-corrected chi connectivity index (χ0v) is 17.2. The Balaban J connectivity index is 1.45. The maximum Gasteiger partial charge on any atom is 0.279 e. The molecule has 3 N–H and O–H groups in total. The molecule has 1 aliphatic heterocycles. The molecule has 4 rings (SSSR count). The topological polar surface area (TPSA) is 62.6 Å². The third-order valence-electron chi connectivity index (χ3n) is 4.88. The van der Waals surface area contributed by atoms with E-state index < -0.39 is 0 Å². The number of thiophene rings is 2. The van der Waals surface area contributed by atoms with Crippen LogP contribution in [0.15, 0.2) is 53.2 Å². The lowest BCUT2D eigenvalue weighted by Gasteiger charge is -2.31. The first kappa shape index (κ1) is 18.9. The number of benzene rings is 1. The van der Waals surface area contributed by atoms with Gasteiger partial charge in [0.05, 0.1) is 11.4 Å². The summed E-state index contributed by atoms with van der Waals surface area (Å²) in [6, 6.07) is 13.9. The molecule has 144 valence electrons. The SMILES string of the molecule is CC(=O)Nc1ccc(NC(=O)C[NH+]2CCc3sccc3[C@H]2c2cccs2)cc1. The van der Waals surface area contributed by atoms with Gasteiger partial charge in [0.15, 0.2) is 6.54 Å². The monoisotopic (exact) mass is 412 g/mol. The van der Waals surface area contributed by atoms with Crippen LogP contribution < -0.4 is 15.5 Å². The Kier molecular flexibility index (Phi) is 5.57. The first-order chi connectivity index (χ1) is 13.6. The average Bonchev–Trinajstić information content (AvgIpc) is 3.34. The van der Waals surface area contributed by atoms with Gasteiger partial charge in [-0.05, 0) is 47.2 Å². The molecule has 1 aliphatic rings. The van der Waals surface area contributed by atoms with E-state index in [1.165, 1.54) is 27.1 Å². The van der Waals surface area contributed by atoms with Gasteiger partial charge in [-0.25, -0.2) is 0 Å². The second-order valence-electron chi connectivity index (χ2n) is 6.89. The molecule has 2 atom stereocenters. The maximum absolute atomic E-state index is 12.7. The number of carbonyl (C=O) groups is 2. The molecule has 28 heavy (non-hydrogen) atoms. The molecule has 2 aromatic heterocycles. The number of anilines is 2. The second-order valence-corrected chi connectivity index (χ2v) is 8.87. The second kappa shape index (κ2) is 8.26. The van der Waals surface area contributed by atoms with Gasteiger partial charge in [0, 0.05) is 35.2 Å². The Morgan fingerprint density at radius 2 is 1.79 bits per heavy atom. The minimum absolute atomic E-state index is 0.00233. The van der Waals surface area contributed by atoms with Crippen LogP contribution in [-0.2, 0) is 16.0 Å². The van der Waals surface area contributed by atoms with Crippen molar-refractivity contribution < 1.29 is 14.5 Å². The number of hydrogen-bond acceptors (Lipinski definition) is 4. The Bertz CT molecular complexity index is 964. The Labute approximate surface area is 172 Å². The fourth-order valence-corrected chi connectivity index (χ4v) is 5.52. The molecule has 0 spiro atoms. The van der Waals surface area contributed by atoms with Crippen LogP contribution in [0.5, 0.6) is 0 Å². The molecule has 5 nitrogen and oxygen atoms in total. The summed E-state index contributed by atoms with van der Waals surface area (Å²) in [7, 11) is 0. The van der Waals surface area contributed by atoms with E-state index in [1.54, 1.807) is 23.5 Å². The van der Waals surface area contributed by atoms with Crippen molar-refractivity contribution in [3.63, 3.8) is 0 Å². The Hall–Kier alpha value is -2.48. The van der Waals surface area contributed by atoms with Crippen LogP contribution in [0.1, 0.15) is 28.3 Å². The lowest BCUT2D eigenvalue weighted by atomic mass is 9.98. The molecule has 1 unspecified atom stereocenters. The van der Waals surface area contributed by atoms with Crippen molar-refractivity contribution in [2.75, 3.05) is 23.7 Å². The molecule has 7 heteroatoms. The number of nitrogens with one attached hydrogen (secondary N) is 3. The molecular formula is C21H22N3O2S2+. The normalized spacial score (nSPS) is 18.3. The number of hydrogen-bond donors (Lipinski definition) is 3. The van der Waals surface area contributed by atoms with E-state index >= 15 is 0 Å². The van der Waals surface area contributed by atoms with Gasteiger partial charge in [-0.3, -0.25) is 9.59 Å². The Morgan fingerprint density at radius 3 is 2.46 bits per heavy atom. The summed E-state index contributed by atoms with van der Waals surface area (Å²) >= 11 is 3.57. The molecule has 0 radical (unpaired) electrons. The van der Waals surface area contributed by atoms with Gasteiger partial charge in [-0.2, -0.15) is 0 Å². The van der Waals surface area contributed by atoms with Crippen LogP contribution in [0.25, 0.3) is 0 Å². The van der Waals surface area contributed by atoms with Crippen molar-refractivity contribution >= 4 is 45.9 Å². The van der Waals surface area contributed by atoms with E-state index in [1.807, 2.05) is 23.5 Å². The minimum Gasteiger partial charge on any atom is -0.326 e. The fourth-order valence-electron chi connectivity index (χ4n) is 3.70. The predicted molar refractivity (Wildman–Crippen MR) is 114 cm³/mol. The smallest absolute Gasteiger partial charge is 0.279 e. The molecule has 0 fully saturated rings. The van der Waals surface area contributed by atoms with E-state index in [2.05, 4.69) is 39.6 Å². The van der Waals surface area contributed by atoms with E-state index in [0.717, 1.165) is 24.3 Å². The highest BCUT2D eigenvalue weighted by molar-refractivity contribution is 7.10. The summed E-state index contributed by atoms with van der Waals surface area (Å²) in [6.45, 7) is 2.84. The van der Waals surface area contributed by atoms with Gasteiger partial charge in [-0.15, -0.1) is 22.7 Å². The van der Waals surface area contributed by atoms with Crippen molar-refractivity contribution in [1.29, 1.82) is 0 Å². The quantitative estimate of drug-likeness (QED) is 0.603. The first-order valence-electron chi connectivity index (χ1n) is 9.22. The summed E-state index contributed by atoms with van der Waals surface area (Å²) in [5.41, 5.74) is 2.82. The lowest BCUT2D eigenvalue weighted by Crippen LogP contribution is -3.14. The molecule has 0 saturated heterocycles. The molecule has 3 aromatic rings.